The molecule has 1 saturated carbocycles. The van der Waals surface area contributed by atoms with Gasteiger partial charge in [-0.1, -0.05) is 22.0 Å². The fourth-order valence-electron chi connectivity index (χ4n) is 2.66. The van der Waals surface area contributed by atoms with Gasteiger partial charge in [-0.15, -0.1) is 0 Å². The largest absolute Gasteiger partial charge is 0.390 e. The highest BCUT2D eigenvalue weighted by atomic mass is 79.9. The van der Waals surface area contributed by atoms with Crippen molar-refractivity contribution in [2.45, 2.75) is 50.8 Å². The molecule has 20 heavy (non-hydrogen) atoms. The van der Waals surface area contributed by atoms with Crippen LogP contribution in [-0.2, 0) is 6.54 Å². The average molecular weight is 339 g/mol. The molecule has 1 heterocycles. The molecule has 3 rings (SSSR count). The lowest BCUT2D eigenvalue weighted by Gasteiger charge is -2.37. The molecular formula is C16H23BrN2O. The van der Waals surface area contributed by atoms with Crippen molar-refractivity contribution < 1.29 is 5.11 Å². The lowest BCUT2D eigenvalue weighted by atomic mass is 9.93. The Morgan fingerprint density at radius 1 is 1.35 bits per heavy atom. The number of benzene rings is 1. The highest BCUT2D eigenvalue weighted by Gasteiger charge is 2.27. The van der Waals surface area contributed by atoms with Crippen LogP contribution in [0.1, 0.15) is 38.2 Å². The van der Waals surface area contributed by atoms with Crippen molar-refractivity contribution in [1.82, 2.24) is 5.32 Å². The molecule has 0 spiro atoms. The maximum Gasteiger partial charge on any atom is 0.0653 e. The normalized spacial score (nSPS) is 22.1. The molecular weight excluding hydrogens is 316 g/mol. The van der Waals surface area contributed by atoms with E-state index in [4.69, 9.17) is 0 Å². The molecule has 1 aliphatic carbocycles. The molecule has 0 unspecified atom stereocenters. The minimum absolute atomic E-state index is 0.484. The van der Waals surface area contributed by atoms with Crippen LogP contribution in [0.5, 0.6) is 0 Å². The second kappa shape index (κ2) is 5.66. The summed E-state index contributed by atoms with van der Waals surface area (Å²) < 4.78 is 1.18. The summed E-state index contributed by atoms with van der Waals surface area (Å²) in [6, 6.07) is 7.37. The van der Waals surface area contributed by atoms with Crippen molar-refractivity contribution in [3.63, 3.8) is 0 Å². The highest BCUT2D eigenvalue weighted by molar-refractivity contribution is 9.10. The smallest absolute Gasteiger partial charge is 0.0653 e. The zero-order valence-corrected chi connectivity index (χ0v) is 13.6. The molecule has 110 valence electrons. The molecule has 2 fully saturated rings. The van der Waals surface area contributed by atoms with Crippen LogP contribution in [0.3, 0.4) is 0 Å². The first-order valence-corrected chi connectivity index (χ1v) is 8.32. The van der Waals surface area contributed by atoms with E-state index in [1.807, 2.05) is 6.92 Å². The Balaban J connectivity index is 1.63. The molecule has 0 radical (unpaired) electrons. The Morgan fingerprint density at radius 2 is 2.05 bits per heavy atom. The molecule has 3 nitrogen and oxygen atoms in total. The number of hydrogen-bond acceptors (Lipinski definition) is 3. The highest BCUT2D eigenvalue weighted by Crippen LogP contribution is 2.29. The Labute approximate surface area is 129 Å². The van der Waals surface area contributed by atoms with Gasteiger partial charge in [0.15, 0.2) is 0 Å². The summed E-state index contributed by atoms with van der Waals surface area (Å²) in [5.41, 5.74) is 2.09. The molecule has 1 saturated heterocycles. The minimum Gasteiger partial charge on any atom is -0.390 e. The number of nitrogens with one attached hydrogen (secondary N) is 1. The molecule has 0 aromatic heterocycles. The van der Waals surface area contributed by atoms with Crippen LogP contribution in [0, 0.1) is 0 Å². The van der Waals surface area contributed by atoms with Crippen molar-refractivity contribution in [3.8, 4) is 0 Å². The van der Waals surface area contributed by atoms with Gasteiger partial charge in [0.2, 0.25) is 0 Å². The SMILES string of the molecule is CC1(O)CCN(c2ccc(CNC3CC3)c(Br)c2)CC1. The maximum absolute atomic E-state index is 10.0. The van der Waals surface area contributed by atoms with Crippen molar-refractivity contribution in [2.24, 2.45) is 0 Å². The summed E-state index contributed by atoms with van der Waals surface area (Å²) in [5.74, 6) is 0. The van der Waals surface area contributed by atoms with E-state index >= 15 is 0 Å². The number of aliphatic hydroxyl groups is 1. The van der Waals surface area contributed by atoms with Gasteiger partial charge in [-0.2, -0.15) is 0 Å². The van der Waals surface area contributed by atoms with Gasteiger partial charge in [0.1, 0.15) is 0 Å². The van der Waals surface area contributed by atoms with Gasteiger partial charge in [-0.3, -0.25) is 0 Å². The predicted octanol–water partition coefficient (Wildman–Crippen LogP) is 3.05. The third-order valence-electron chi connectivity index (χ3n) is 4.40. The number of hydrogen-bond donors (Lipinski definition) is 2. The fraction of sp³-hybridized carbons (Fsp3) is 0.625. The van der Waals surface area contributed by atoms with E-state index in [-0.39, 0.29) is 0 Å². The van der Waals surface area contributed by atoms with E-state index < -0.39 is 5.60 Å². The van der Waals surface area contributed by atoms with E-state index in [0.717, 1.165) is 38.5 Å². The second-order valence-corrected chi connectivity index (χ2v) is 7.27. The summed E-state index contributed by atoms with van der Waals surface area (Å²) in [7, 11) is 0. The van der Waals surface area contributed by atoms with Gasteiger partial charge < -0.3 is 15.3 Å². The Kier molecular flexibility index (Phi) is 4.07. The summed E-state index contributed by atoms with van der Waals surface area (Å²) in [5, 5.41) is 13.6. The lowest BCUT2D eigenvalue weighted by Crippen LogP contribution is -2.42. The van der Waals surface area contributed by atoms with Crippen LogP contribution in [0.25, 0.3) is 0 Å². The third kappa shape index (κ3) is 3.54. The Morgan fingerprint density at radius 3 is 2.65 bits per heavy atom. The third-order valence-corrected chi connectivity index (χ3v) is 5.14. The molecule has 0 atom stereocenters. The molecule has 0 amide bonds. The molecule has 2 aliphatic rings. The van der Waals surface area contributed by atoms with E-state index in [2.05, 4.69) is 44.3 Å². The van der Waals surface area contributed by atoms with Gasteiger partial charge >= 0.3 is 0 Å². The van der Waals surface area contributed by atoms with Crippen LogP contribution in [-0.4, -0.2) is 29.8 Å². The second-order valence-electron chi connectivity index (χ2n) is 6.41. The Bertz CT molecular complexity index is 475. The van der Waals surface area contributed by atoms with Gasteiger partial charge in [0, 0.05) is 35.8 Å². The van der Waals surface area contributed by atoms with Crippen LogP contribution in [0.4, 0.5) is 5.69 Å². The van der Waals surface area contributed by atoms with Crippen molar-refractivity contribution >= 4 is 21.6 Å². The lowest BCUT2D eigenvalue weighted by molar-refractivity contribution is 0.0351. The molecule has 1 aromatic rings. The fourth-order valence-corrected chi connectivity index (χ4v) is 3.17. The summed E-state index contributed by atoms with van der Waals surface area (Å²) in [4.78, 5) is 2.36. The molecule has 1 aliphatic heterocycles. The Hall–Kier alpha value is -0.580. The number of piperidine rings is 1. The molecule has 2 N–H and O–H groups in total. The van der Waals surface area contributed by atoms with Gasteiger partial charge in [-0.25, -0.2) is 0 Å². The van der Waals surface area contributed by atoms with Crippen molar-refractivity contribution in [1.29, 1.82) is 0 Å². The van der Waals surface area contributed by atoms with E-state index in [1.165, 1.54) is 28.6 Å². The monoisotopic (exact) mass is 338 g/mol. The minimum atomic E-state index is -0.484. The van der Waals surface area contributed by atoms with Crippen LogP contribution in [0.15, 0.2) is 22.7 Å². The van der Waals surface area contributed by atoms with Gasteiger partial charge in [-0.05, 0) is 50.3 Å². The van der Waals surface area contributed by atoms with E-state index in [1.54, 1.807) is 0 Å². The zero-order valence-electron chi connectivity index (χ0n) is 12.0. The van der Waals surface area contributed by atoms with Gasteiger partial charge in [0.05, 0.1) is 5.60 Å². The average Bonchev–Trinajstić information content (AvgIpc) is 3.21. The van der Waals surface area contributed by atoms with Crippen LogP contribution in [0.2, 0.25) is 0 Å². The number of halogens is 1. The molecule has 1 aromatic carbocycles. The standard InChI is InChI=1S/C16H23BrN2O/c1-16(20)6-8-19(9-7-16)14-5-2-12(15(17)10-14)11-18-13-3-4-13/h2,5,10,13,18,20H,3-4,6-9,11H2,1H3. The summed E-state index contributed by atoms with van der Waals surface area (Å²) >= 11 is 3.69. The predicted molar refractivity (Wildman–Crippen MR) is 86.1 cm³/mol. The summed E-state index contributed by atoms with van der Waals surface area (Å²) in [6.45, 7) is 4.74. The van der Waals surface area contributed by atoms with Crippen molar-refractivity contribution in [2.75, 3.05) is 18.0 Å². The first-order chi connectivity index (χ1) is 9.53. The quantitative estimate of drug-likeness (QED) is 0.885. The molecule has 4 heteroatoms. The number of nitrogens with zero attached hydrogens (tertiary/aromatic N) is 1. The number of rotatable bonds is 4. The van der Waals surface area contributed by atoms with E-state index in [0.29, 0.717) is 0 Å². The van der Waals surface area contributed by atoms with E-state index in [9.17, 15) is 5.11 Å². The van der Waals surface area contributed by atoms with Gasteiger partial charge in [0.25, 0.3) is 0 Å². The summed E-state index contributed by atoms with van der Waals surface area (Å²) in [6.07, 6.45) is 4.33. The molecule has 0 bridgehead atoms. The number of anilines is 1. The zero-order chi connectivity index (χ0) is 14.2. The van der Waals surface area contributed by atoms with Crippen molar-refractivity contribution in [3.05, 3.63) is 28.2 Å². The van der Waals surface area contributed by atoms with Crippen LogP contribution < -0.4 is 10.2 Å². The maximum atomic E-state index is 10.0. The topological polar surface area (TPSA) is 35.5 Å². The van der Waals surface area contributed by atoms with Crippen LogP contribution >= 0.6 is 15.9 Å². The first kappa shape index (κ1) is 14.4. The first-order valence-electron chi connectivity index (χ1n) is 7.53.